The monoisotopic (exact) mass is 346 g/mol. The van der Waals surface area contributed by atoms with Crippen LogP contribution in [0.1, 0.15) is 64.1 Å². The molecule has 3 rings (SSSR count). The number of aryl methyl sites for hydroxylation is 1. The van der Waals surface area contributed by atoms with Crippen LogP contribution < -0.4 is 10.6 Å². The zero-order valence-electron chi connectivity index (χ0n) is 15.7. The number of anilines is 1. The standard InChI is InChI=1S/C20H30N2O3/c1-13-5-8-16(24-13)12-21-18-10-6-14-11-15(7-9-17(14)18)22-19(23)25-20(2,3)4/h7,9,11,13,16,18,21H,5-6,8,10,12H2,1-4H3,(H,22,23). The van der Waals surface area contributed by atoms with Crippen LogP contribution in [0.5, 0.6) is 0 Å². The van der Waals surface area contributed by atoms with Crippen molar-refractivity contribution in [3.05, 3.63) is 29.3 Å². The SMILES string of the molecule is CC1CCC(CNC2CCc3cc(NC(=O)OC(C)(C)C)ccc32)O1. The Kier molecular flexibility index (Phi) is 5.35. The Labute approximate surface area is 150 Å². The van der Waals surface area contributed by atoms with Gasteiger partial charge >= 0.3 is 6.09 Å². The van der Waals surface area contributed by atoms with Crippen LogP contribution in [0.4, 0.5) is 10.5 Å². The van der Waals surface area contributed by atoms with Gasteiger partial charge in [0.25, 0.3) is 0 Å². The van der Waals surface area contributed by atoms with E-state index in [1.54, 1.807) is 0 Å². The summed E-state index contributed by atoms with van der Waals surface area (Å²) < 4.78 is 11.2. The number of carbonyl (C=O) groups excluding carboxylic acids is 1. The van der Waals surface area contributed by atoms with Crippen molar-refractivity contribution >= 4 is 11.8 Å². The van der Waals surface area contributed by atoms with Crippen molar-refractivity contribution in [1.82, 2.24) is 5.32 Å². The molecule has 25 heavy (non-hydrogen) atoms. The molecule has 1 aliphatic heterocycles. The number of amides is 1. The number of nitrogens with one attached hydrogen (secondary N) is 2. The van der Waals surface area contributed by atoms with E-state index in [1.807, 2.05) is 26.8 Å². The summed E-state index contributed by atoms with van der Waals surface area (Å²) in [6, 6.07) is 6.52. The van der Waals surface area contributed by atoms with E-state index in [4.69, 9.17) is 9.47 Å². The van der Waals surface area contributed by atoms with Crippen LogP contribution in [0.3, 0.4) is 0 Å². The Hall–Kier alpha value is -1.59. The zero-order valence-corrected chi connectivity index (χ0v) is 15.7. The predicted molar refractivity (Wildman–Crippen MR) is 98.9 cm³/mol. The van der Waals surface area contributed by atoms with Gasteiger partial charge in [0.2, 0.25) is 0 Å². The lowest BCUT2D eigenvalue weighted by Crippen LogP contribution is -2.29. The third-order valence-electron chi connectivity index (χ3n) is 4.78. The van der Waals surface area contributed by atoms with Crippen LogP contribution in [0.15, 0.2) is 18.2 Å². The van der Waals surface area contributed by atoms with Gasteiger partial charge < -0.3 is 14.8 Å². The Morgan fingerprint density at radius 1 is 1.28 bits per heavy atom. The first-order valence-corrected chi connectivity index (χ1v) is 9.32. The maximum Gasteiger partial charge on any atom is 0.412 e. The molecule has 1 amide bonds. The molecule has 5 heteroatoms. The van der Waals surface area contributed by atoms with Gasteiger partial charge in [-0.25, -0.2) is 4.79 Å². The molecule has 2 aliphatic rings. The summed E-state index contributed by atoms with van der Waals surface area (Å²) in [6.45, 7) is 8.64. The molecule has 1 aromatic carbocycles. The summed E-state index contributed by atoms with van der Waals surface area (Å²) in [5, 5.41) is 6.48. The quantitative estimate of drug-likeness (QED) is 0.859. The minimum absolute atomic E-state index is 0.340. The Morgan fingerprint density at radius 3 is 2.76 bits per heavy atom. The second kappa shape index (κ2) is 7.34. The van der Waals surface area contributed by atoms with Crippen molar-refractivity contribution in [2.45, 2.75) is 77.2 Å². The lowest BCUT2D eigenvalue weighted by atomic mass is 10.1. The molecule has 0 bridgehead atoms. The highest BCUT2D eigenvalue weighted by atomic mass is 16.6. The number of benzene rings is 1. The summed E-state index contributed by atoms with van der Waals surface area (Å²) in [7, 11) is 0. The number of carbonyl (C=O) groups is 1. The second-order valence-electron chi connectivity index (χ2n) is 8.19. The van der Waals surface area contributed by atoms with Crippen molar-refractivity contribution in [2.24, 2.45) is 0 Å². The summed E-state index contributed by atoms with van der Waals surface area (Å²) in [4.78, 5) is 11.9. The minimum Gasteiger partial charge on any atom is -0.444 e. The van der Waals surface area contributed by atoms with Crippen LogP contribution in [0, 0.1) is 0 Å². The van der Waals surface area contributed by atoms with Crippen molar-refractivity contribution < 1.29 is 14.3 Å². The van der Waals surface area contributed by atoms with Crippen LogP contribution in [-0.2, 0) is 15.9 Å². The van der Waals surface area contributed by atoms with Crippen molar-refractivity contribution in [3.63, 3.8) is 0 Å². The topological polar surface area (TPSA) is 59.6 Å². The van der Waals surface area contributed by atoms with E-state index in [2.05, 4.69) is 29.7 Å². The average molecular weight is 346 g/mol. The van der Waals surface area contributed by atoms with Gasteiger partial charge in [-0.05, 0) is 76.6 Å². The summed E-state index contributed by atoms with van der Waals surface area (Å²) in [5.74, 6) is 0. The third-order valence-corrected chi connectivity index (χ3v) is 4.78. The molecule has 3 atom stereocenters. The van der Waals surface area contributed by atoms with Crippen molar-refractivity contribution in [3.8, 4) is 0 Å². The van der Waals surface area contributed by atoms with Crippen LogP contribution in [-0.4, -0.2) is 30.4 Å². The predicted octanol–water partition coefficient (Wildman–Crippen LogP) is 4.18. The Balaban J connectivity index is 1.56. The van der Waals surface area contributed by atoms with Gasteiger partial charge in [0.1, 0.15) is 5.60 Å². The smallest absolute Gasteiger partial charge is 0.412 e. The minimum atomic E-state index is -0.490. The highest BCUT2D eigenvalue weighted by molar-refractivity contribution is 5.85. The Bertz CT molecular complexity index is 624. The van der Waals surface area contributed by atoms with Crippen molar-refractivity contribution in [1.29, 1.82) is 0 Å². The molecule has 1 heterocycles. The number of rotatable bonds is 4. The number of hydrogen-bond donors (Lipinski definition) is 2. The van der Waals surface area contributed by atoms with E-state index in [0.717, 1.165) is 37.9 Å². The summed E-state index contributed by atoms with van der Waals surface area (Å²) >= 11 is 0. The molecule has 0 spiro atoms. The van der Waals surface area contributed by atoms with Gasteiger partial charge in [-0.1, -0.05) is 6.07 Å². The van der Waals surface area contributed by atoms with Crippen LogP contribution in [0.25, 0.3) is 0 Å². The molecule has 0 saturated carbocycles. The van der Waals surface area contributed by atoms with Gasteiger partial charge in [-0.15, -0.1) is 0 Å². The number of fused-ring (bicyclic) bond motifs is 1. The van der Waals surface area contributed by atoms with Gasteiger partial charge in [-0.3, -0.25) is 5.32 Å². The highest BCUT2D eigenvalue weighted by Crippen LogP contribution is 2.33. The molecular formula is C20H30N2O3. The van der Waals surface area contributed by atoms with Gasteiger partial charge in [0, 0.05) is 18.3 Å². The maximum atomic E-state index is 11.9. The fraction of sp³-hybridized carbons (Fsp3) is 0.650. The maximum absolute atomic E-state index is 11.9. The molecule has 1 aliphatic carbocycles. The third kappa shape index (κ3) is 4.95. The second-order valence-corrected chi connectivity index (χ2v) is 8.19. The van der Waals surface area contributed by atoms with E-state index < -0.39 is 11.7 Å². The number of ether oxygens (including phenoxy) is 2. The molecule has 0 aromatic heterocycles. The van der Waals surface area contributed by atoms with Crippen molar-refractivity contribution in [2.75, 3.05) is 11.9 Å². The lowest BCUT2D eigenvalue weighted by molar-refractivity contribution is 0.0543. The highest BCUT2D eigenvalue weighted by Gasteiger charge is 2.26. The number of hydrogen-bond acceptors (Lipinski definition) is 4. The normalized spacial score (nSPS) is 25.7. The van der Waals surface area contributed by atoms with E-state index in [-0.39, 0.29) is 0 Å². The van der Waals surface area contributed by atoms with E-state index in [0.29, 0.717) is 18.2 Å². The summed E-state index contributed by atoms with van der Waals surface area (Å²) in [5.41, 5.74) is 2.93. The molecule has 3 unspecified atom stereocenters. The molecule has 138 valence electrons. The largest absolute Gasteiger partial charge is 0.444 e. The first kappa shape index (κ1) is 18.2. The zero-order chi connectivity index (χ0) is 18.0. The first-order chi connectivity index (χ1) is 11.8. The van der Waals surface area contributed by atoms with Gasteiger partial charge in [0.05, 0.1) is 12.2 Å². The molecule has 1 saturated heterocycles. The lowest BCUT2D eigenvalue weighted by Gasteiger charge is -2.20. The van der Waals surface area contributed by atoms with Gasteiger partial charge in [-0.2, -0.15) is 0 Å². The van der Waals surface area contributed by atoms with E-state index in [9.17, 15) is 4.79 Å². The van der Waals surface area contributed by atoms with Crippen LogP contribution >= 0.6 is 0 Å². The Morgan fingerprint density at radius 2 is 2.08 bits per heavy atom. The fourth-order valence-electron chi connectivity index (χ4n) is 3.64. The molecule has 2 N–H and O–H groups in total. The van der Waals surface area contributed by atoms with E-state index in [1.165, 1.54) is 11.1 Å². The molecule has 5 nitrogen and oxygen atoms in total. The van der Waals surface area contributed by atoms with Crippen LogP contribution in [0.2, 0.25) is 0 Å². The average Bonchev–Trinajstić information content (AvgIpc) is 3.09. The molecular weight excluding hydrogens is 316 g/mol. The fourth-order valence-corrected chi connectivity index (χ4v) is 3.64. The van der Waals surface area contributed by atoms with E-state index >= 15 is 0 Å². The molecule has 0 radical (unpaired) electrons. The first-order valence-electron chi connectivity index (χ1n) is 9.32. The molecule has 1 aromatic rings. The summed E-state index contributed by atoms with van der Waals surface area (Å²) in [6.07, 6.45) is 4.75. The molecule has 1 fully saturated rings. The van der Waals surface area contributed by atoms with Gasteiger partial charge in [0.15, 0.2) is 0 Å².